The van der Waals surface area contributed by atoms with Crippen LogP contribution in [-0.4, -0.2) is 39.4 Å². The van der Waals surface area contributed by atoms with E-state index in [1.54, 1.807) is 5.98 Å². The summed E-state index contributed by atoms with van der Waals surface area (Å²) in [5.41, 5.74) is 7.81. The second kappa shape index (κ2) is 10.8. The van der Waals surface area contributed by atoms with Gasteiger partial charge in [-0.25, -0.2) is 0 Å². The molecule has 1 saturated heterocycles. The van der Waals surface area contributed by atoms with Crippen LogP contribution in [0.15, 0.2) is 72.5 Å². The Bertz CT molecular complexity index is 932. The molecule has 0 unspecified atom stereocenters. The Labute approximate surface area is 196 Å². The van der Waals surface area contributed by atoms with Gasteiger partial charge in [0.1, 0.15) is 7.85 Å². The van der Waals surface area contributed by atoms with E-state index >= 15 is 0 Å². The van der Waals surface area contributed by atoms with Crippen molar-refractivity contribution in [2.24, 2.45) is 5.92 Å². The van der Waals surface area contributed by atoms with E-state index in [0.29, 0.717) is 5.92 Å². The van der Waals surface area contributed by atoms with Gasteiger partial charge in [-0.2, -0.15) is 0 Å². The number of allylic oxidation sites excluding steroid dienone is 3. The minimum atomic E-state index is 0.619. The van der Waals surface area contributed by atoms with Crippen LogP contribution in [-0.2, 0) is 0 Å². The number of likely N-dealkylation sites (N-methyl/N-ethyl adjacent to an activating group) is 2. The summed E-state index contributed by atoms with van der Waals surface area (Å²) in [5.74, 6) is 2.27. The van der Waals surface area contributed by atoms with Gasteiger partial charge < -0.3 is 14.7 Å². The van der Waals surface area contributed by atoms with Crippen molar-refractivity contribution < 1.29 is 0 Å². The normalized spacial score (nSPS) is 17.1. The highest BCUT2D eigenvalue weighted by Gasteiger charge is 2.26. The summed E-state index contributed by atoms with van der Waals surface area (Å²) >= 11 is 0. The van der Waals surface area contributed by atoms with Crippen LogP contribution < -0.4 is 9.80 Å². The van der Waals surface area contributed by atoms with Crippen molar-refractivity contribution in [3.05, 3.63) is 78.1 Å². The highest BCUT2D eigenvalue weighted by atomic mass is 15.2. The number of hydrogen-bond acceptors (Lipinski definition) is 3. The van der Waals surface area contributed by atoms with Crippen LogP contribution in [0.4, 0.5) is 11.4 Å². The molecule has 2 aliphatic rings. The predicted molar refractivity (Wildman–Crippen MR) is 142 cm³/mol. The Kier molecular flexibility index (Phi) is 8.12. The molecule has 0 saturated carbocycles. The van der Waals surface area contributed by atoms with Crippen molar-refractivity contribution in [2.45, 2.75) is 46.5 Å². The summed E-state index contributed by atoms with van der Waals surface area (Å²) in [6, 6.07) is 6.69. The zero-order chi connectivity index (χ0) is 23.3. The van der Waals surface area contributed by atoms with Crippen LogP contribution in [0.1, 0.15) is 52.0 Å². The maximum Gasteiger partial charge on any atom is 0.103 e. The first-order valence-electron chi connectivity index (χ1n) is 12.0. The van der Waals surface area contributed by atoms with Gasteiger partial charge in [0, 0.05) is 55.0 Å². The number of likely N-dealkylation sites (tertiary alicyclic amines) is 1. The van der Waals surface area contributed by atoms with E-state index < -0.39 is 0 Å². The number of nitrogens with zero attached hydrogens (tertiary/aromatic N) is 3. The van der Waals surface area contributed by atoms with E-state index in [1.807, 2.05) is 0 Å². The van der Waals surface area contributed by atoms with Crippen LogP contribution >= 0.6 is 0 Å². The SMILES string of the molecule is [B]/C=C(\C=C/CC(C)C)C(=C)N(C)c1ccc2c(c1)C(N1CCCCC1)=CC(=C)N2CC. The van der Waals surface area contributed by atoms with E-state index in [4.69, 9.17) is 7.85 Å². The molecule has 32 heavy (non-hydrogen) atoms. The minimum Gasteiger partial charge on any atom is -0.371 e. The second-order valence-electron chi connectivity index (χ2n) is 9.17. The average Bonchev–Trinajstić information content (AvgIpc) is 2.80. The lowest BCUT2D eigenvalue weighted by Crippen LogP contribution is -2.33. The molecule has 1 aromatic rings. The fourth-order valence-corrected chi connectivity index (χ4v) is 4.48. The van der Waals surface area contributed by atoms with Gasteiger partial charge in [0.2, 0.25) is 0 Å². The highest BCUT2D eigenvalue weighted by molar-refractivity contribution is 6.18. The molecule has 0 aliphatic carbocycles. The third kappa shape index (κ3) is 5.23. The molecule has 3 rings (SSSR count). The smallest absolute Gasteiger partial charge is 0.103 e. The first kappa shape index (κ1) is 24.0. The van der Waals surface area contributed by atoms with Crippen LogP contribution in [0, 0.1) is 5.92 Å². The topological polar surface area (TPSA) is 9.72 Å². The summed E-state index contributed by atoms with van der Waals surface area (Å²) in [6.07, 6.45) is 11.4. The Morgan fingerprint density at radius 1 is 1.22 bits per heavy atom. The van der Waals surface area contributed by atoms with Gasteiger partial charge in [-0.3, -0.25) is 0 Å². The molecule has 0 spiro atoms. The fraction of sp³-hybridized carbons (Fsp3) is 0.429. The van der Waals surface area contributed by atoms with E-state index in [-0.39, 0.29) is 0 Å². The van der Waals surface area contributed by atoms with Gasteiger partial charge in [0.05, 0.1) is 5.69 Å². The number of piperidine rings is 1. The maximum absolute atomic E-state index is 5.96. The molecule has 0 atom stereocenters. The first-order chi connectivity index (χ1) is 15.4. The van der Waals surface area contributed by atoms with Gasteiger partial charge in [-0.15, -0.1) is 5.98 Å². The van der Waals surface area contributed by atoms with Crippen molar-refractivity contribution in [2.75, 3.05) is 36.5 Å². The van der Waals surface area contributed by atoms with Crippen LogP contribution in [0.2, 0.25) is 0 Å². The molecule has 2 aliphatic heterocycles. The van der Waals surface area contributed by atoms with Crippen LogP contribution in [0.3, 0.4) is 0 Å². The Morgan fingerprint density at radius 2 is 1.94 bits per heavy atom. The first-order valence-corrected chi connectivity index (χ1v) is 12.0. The standard InChI is InChI=1S/C28H38BN3/c1-7-32-22(4)18-28(31-16-9-8-10-17-31)26-19-25(14-15-27(26)32)30(6)23(5)24(20-29)13-11-12-21(2)3/h11,13-15,18-21H,4-5,7-10,12,16-17H2,1-3,6H3/b13-11-,24-20+. The lowest BCUT2D eigenvalue weighted by atomic mass is 9.97. The monoisotopic (exact) mass is 427 g/mol. The highest BCUT2D eigenvalue weighted by Crippen LogP contribution is 2.40. The maximum atomic E-state index is 5.96. The largest absolute Gasteiger partial charge is 0.371 e. The summed E-state index contributed by atoms with van der Waals surface area (Å²) in [5, 5.41) is 0. The number of hydrogen-bond donors (Lipinski definition) is 0. The van der Waals surface area contributed by atoms with Crippen molar-refractivity contribution in [1.29, 1.82) is 0 Å². The van der Waals surface area contributed by atoms with Gasteiger partial charge in [-0.1, -0.05) is 39.2 Å². The quantitative estimate of drug-likeness (QED) is 0.348. The second-order valence-corrected chi connectivity index (χ2v) is 9.17. The Morgan fingerprint density at radius 3 is 2.56 bits per heavy atom. The molecule has 2 heterocycles. The minimum absolute atomic E-state index is 0.619. The summed E-state index contributed by atoms with van der Waals surface area (Å²) in [4.78, 5) is 6.95. The molecule has 1 aromatic carbocycles. The molecule has 0 amide bonds. The number of anilines is 2. The molecule has 1 fully saturated rings. The third-order valence-electron chi connectivity index (χ3n) is 6.42. The summed E-state index contributed by atoms with van der Waals surface area (Å²) in [7, 11) is 8.02. The average molecular weight is 427 g/mol. The lowest BCUT2D eigenvalue weighted by molar-refractivity contribution is 0.325. The molecule has 168 valence electrons. The Hall–Kier alpha value is -2.62. The fourth-order valence-electron chi connectivity index (χ4n) is 4.48. The zero-order valence-electron chi connectivity index (χ0n) is 20.4. The van der Waals surface area contributed by atoms with E-state index in [2.05, 4.69) is 92.1 Å². The molecular formula is C28H38BN3. The van der Waals surface area contributed by atoms with Gasteiger partial charge in [-0.05, 0) is 68.4 Å². The van der Waals surface area contributed by atoms with Crippen LogP contribution in [0.5, 0.6) is 0 Å². The number of benzene rings is 1. The van der Waals surface area contributed by atoms with Crippen molar-refractivity contribution in [3.8, 4) is 0 Å². The van der Waals surface area contributed by atoms with E-state index in [1.165, 1.54) is 36.2 Å². The molecule has 2 radical (unpaired) electrons. The molecule has 0 N–H and O–H groups in total. The van der Waals surface area contributed by atoms with Gasteiger partial charge >= 0.3 is 0 Å². The number of rotatable bonds is 8. The van der Waals surface area contributed by atoms with Crippen LogP contribution in [0.25, 0.3) is 5.70 Å². The molecule has 3 nitrogen and oxygen atoms in total. The van der Waals surface area contributed by atoms with E-state index in [9.17, 15) is 0 Å². The van der Waals surface area contributed by atoms with Crippen molar-refractivity contribution in [3.63, 3.8) is 0 Å². The molecule has 0 aromatic heterocycles. The van der Waals surface area contributed by atoms with Gasteiger partial charge in [0.25, 0.3) is 0 Å². The molecule has 4 heteroatoms. The zero-order valence-corrected chi connectivity index (χ0v) is 20.4. The third-order valence-corrected chi connectivity index (χ3v) is 6.42. The van der Waals surface area contributed by atoms with E-state index in [0.717, 1.165) is 48.7 Å². The summed E-state index contributed by atoms with van der Waals surface area (Å²) in [6.45, 7) is 18.4. The van der Waals surface area contributed by atoms with Crippen molar-refractivity contribution in [1.82, 2.24) is 4.90 Å². The predicted octanol–water partition coefficient (Wildman–Crippen LogP) is 6.47. The number of fused-ring (bicyclic) bond motifs is 1. The summed E-state index contributed by atoms with van der Waals surface area (Å²) < 4.78 is 0. The lowest BCUT2D eigenvalue weighted by Gasteiger charge is -2.38. The van der Waals surface area contributed by atoms with Gasteiger partial charge in [0.15, 0.2) is 0 Å². The molecular weight excluding hydrogens is 389 g/mol. The Balaban J connectivity index is 1.93. The van der Waals surface area contributed by atoms with Crippen molar-refractivity contribution >= 4 is 24.9 Å². The molecule has 0 bridgehead atoms.